The molecule has 0 aromatic rings. The molecule has 0 aliphatic carbocycles. The molecule has 0 unspecified atom stereocenters. The first-order valence-electron chi connectivity index (χ1n) is 16.0. The van der Waals surface area contributed by atoms with E-state index < -0.39 is 0 Å². The molecule has 0 aromatic carbocycles. The Kier molecular flexibility index (Phi) is 24.1. The molecule has 1 nitrogen and oxygen atoms in total. The van der Waals surface area contributed by atoms with Crippen LogP contribution in [0.5, 0.6) is 0 Å². The van der Waals surface area contributed by atoms with Gasteiger partial charge in [-0.25, -0.2) is 0 Å². The Labute approximate surface area is 273 Å². The molecule has 40 heavy (non-hydrogen) atoms. The van der Waals surface area contributed by atoms with Gasteiger partial charge >= 0.3 is 0 Å². The summed E-state index contributed by atoms with van der Waals surface area (Å²) >= 11 is 11.8. The number of aldehydes is 1. The predicted octanol–water partition coefficient (Wildman–Crippen LogP) is 14.1. The molecule has 0 spiro atoms. The molecular weight excluding hydrogens is 605 g/mol. The van der Waals surface area contributed by atoms with Crippen LogP contribution < -0.4 is 0 Å². The lowest BCUT2D eigenvalue weighted by Crippen LogP contribution is -1.85. The first-order chi connectivity index (χ1) is 19.8. The van der Waals surface area contributed by atoms with E-state index in [9.17, 15) is 4.79 Å². The molecule has 0 fully saturated rings. The van der Waals surface area contributed by atoms with E-state index in [1.165, 1.54) is 153 Å². The van der Waals surface area contributed by atoms with Crippen molar-refractivity contribution in [1.29, 1.82) is 0 Å². The Balaban J connectivity index is 1.69. The van der Waals surface area contributed by atoms with Gasteiger partial charge in [0.1, 0.15) is 6.29 Å². The standard InChI is InChI=1S/C33H54OS6/c1-3-5-7-9-11-13-15-17-19-21-26-35-30-31(36-27-22-20-18-16-14-12-10-8-6-4-2)40-33(39-30)32-37-28-29(38-32)24-23-25-34/h23-25,28H,3-22,26-27H2,1-2H3/b24-23+. The van der Waals surface area contributed by atoms with Crippen molar-refractivity contribution in [3.05, 3.63) is 39.4 Å². The predicted molar refractivity (Wildman–Crippen MR) is 196 cm³/mol. The summed E-state index contributed by atoms with van der Waals surface area (Å²) in [7, 11) is 0. The molecule has 0 amide bonds. The van der Waals surface area contributed by atoms with Gasteiger partial charge in [-0.15, -0.1) is 23.5 Å². The minimum absolute atomic E-state index is 0.864. The quantitative estimate of drug-likeness (QED) is 0.0516. The number of hydrogen-bond acceptors (Lipinski definition) is 7. The largest absolute Gasteiger partial charge is 0.299 e. The summed E-state index contributed by atoms with van der Waals surface area (Å²) in [5, 5.41) is 2.18. The fourth-order valence-electron chi connectivity index (χ4n) is 4.61. The topological polar surface area (TPSA) is 17.1 Å². The molecule has 7 heteroatoms. The van der Waals surface area contributed by atoms with Crippen molar-refractivity contribution >= 4 is 76.9 Å². The van der Waals surface area contributed by atoms with Crippen LogP contribution in [0.25, 0.3) is 0 Å². The molecule has 228 valence electrons. The highest BCUT2D eigenvalue weighted by Gasteiger charge is 2.27. The van der Waals surface area contributed by atoms with E-state index in [2.05, 4.69) is 42.8 Å². The molecule has 0 saturated heterocycles. The highest BCUT2D eigenvalue weighted by molar-refractivity contribution is 8.42. The highest BCUT2D eigenvalue weighted by atomic mass is 32.3. The number of rotatable bonds is 26. The molecule has 2 heterocycles. The van der Waals surface area contributed by atoms with E-state index in [1.54, 1.807) is 14.6 Å². The van der Waals surface area contributed by atoms with Crippen LogP contribution in [-0.2, 0) is 4.79 Å². The van der Waals surface area contributed by atoms with Gasteiger partial charge < -0.3 is 0 Å². The van der Waals surface area contributed by atoms with Crippen LogP contribution in [0.1, 0.15) is 142 Å². The molecular formula is C33H54OS6. The second kappa shape index (κ2) is 26.2. The van der Waals surface area contributed by atoms with Gasteiger partial charge in [-0.2, -0.15) is 0 Å². The van der Waals surface area contributed by atoms with Gasteiger partial charge in [0.2, 0.25) is 0 Å². The monoisotopic (exact) mass is 658 g/mol. The van der Waals surface area contributed by atoms with Crippen LogP contribution in [0.15, 0.2) is 39.4 Å². The van der Waals surface area contributed by atoms with Crippen LogP contribution in [0.3, 0.4) is 0 Å². The zero-order chi connectivity index (χ0) is 28.5. The minimum atomic E-state index is 0.864. The Bertz CT molecular complexity index is 761. The van der Waals surface area contributed by atoms with E-state index in [0.717, 1.165) is 6.29 Å². The summed E-state index contributed by atoms with van der Waals surface area (Å²) in [5.74, 6) is 2.49. The maximum atomic E-state index is 10.7. The smallest absolute Gasteiger partial charge is 0.142 e. The molecule has 0 atom stereocenters. The summed E-state index contributed by atoms with van der Waals surface area (Å²) in [5.41, 5.74) is 0. The Hall–Kier alpha value is 0.730. The van der Waals surface area contributed by atoms with E-state index in [0.29, 0.717) is 0 Å². The van der Waals surface area contributed by atoms with E-state index in [-0.39, 0.29) is 0 Å². The van der Waals surface area contributed by atoms with Gasteiger partial charge in [0.25, 0.3) is 0 Å². The summed E-state index contributed by atoms with van der Waals surface area (Å²) in [4.78, 5) is 11.9. The maximum absolute atomic E-state index is 10.7. The van der Waals surface area contributed by atoms with E-state index in [4.69, 9.17) is 0 Å². The Morgan fingerprint density at radius 2 is 1.00 bits per heavy atom. The van der Waals surface area contributed by atoms with Gasteiger partial charge in [0.05, 0.1) is 16.9 Å². The van der Waals surface area contributed by atoms with Crippen molar-refractivity contribution in [3.8, 4) is 0 Å². The van der Waals surface area contributed by atoms with Gasteiger partial charge in [-0.3, -0.25) is 4.79 Å². The number of thioether (sulfide) groups is 6. The third-order valence-electron chi connectivity index (χ3n) is 7.00. The van der Waals surface area contributed by atoms with E-state index in [1.807, 2.05) is 53.1 Å². The molecule has 2 aliphatic heterocycles. The fourth-order valence-corrected chi connectivity index (χ4v) is 13.1. The first kappa shape index (κ1) is 36.9. The van der Waals surface area contributed by atoms with Crippen LogP contribution in [0.2, 0.25) is 0 Å². The number of unbranched alkanes of at least 4 members (excludes halogenated alkanes) is 18. The number of allylic oxidation sites excluding steroid dienone is 2. The van der Waals surface area contributed by atoms with Crippen LogP contribution in [0.4, 0.5) is 0 Å². The second-order valence-electron chi connectivity index (χ2n) is 10.7. The molecule has 0 aromatic heterocycles. The highest BCUT2D eigenvalue weighted by Crippen LogP contribution is 2.62. The lowest BCUT2D eigenvalue weighted by atomic mass is 10.1. The SMILES string of the molecule is CCCCCCCCCCCCSC1=C(SCCCCCCCCCCCC)SC(=C2SC=C(/C=C/C=O)S2)S1. The van der Waals surface area contributed by atoms with Gasteiger partial charge in [0.15, 0.2) is 0 Å². The number of hydrogen-bond donors (Lipinski definition) is 0. The summed E-state index contributed by atoms with van der Waals surface area (Å²) in [6.45, 7) is 4.59. The van der Waals surface area contributed by atoms with E-state index >= 15 is 0 Å². The number of carbonyl (C=O) groups is 1. The van der Waals surface area contributed by atoms with Crippen molar-refractivity contribution in [2.75, 3.05) is 11.5 Å². The number of carbonyl (C=O) groups excluding carboxylic acids is 1. The average molecular weight is 659 g/mol. The lowest BCUT2D eigenvalue weighted by Gasteiger charge is -2.06. The van der Waals surface area contributed by atoms with Crippen molar-refractivity contribution in [3.63, 3.8) is 0 Å². The molecule has 0 saturated carbocycles. The van der Waals surface area contributed by atoms with Crippen molar-refractivity contribution in [2.45, 2.75) is 142 Å². The third-order valence-corrected chi connectivity index (χ3v) is 15.6. The van der Waals surface area contributed by atoms with Crippen LogP contribution >= 0.6 is 70.6 Å². The molecule has 0 radical (unpaired) electrons. The van der Waals surface area contributed by atoms with Crippen LogP contribution in [-0.4, -0.2) is 17.8 Å². The lowest BCUT2D eigenvalue weighted by molar-refractivity contribution is -0.104. The van der Waals surface area contributed by atoms with Gasteiger partial charge in [-0.05, 0) is 41.9 Å². The minimum Gasteiger partial charge on any atom is -0.299 e. The average Bonchev–Trinajstić information content (AvgIpc) is 3.60. The Morgan fingerprint density at radius 3 is 1.43 bits per heavy atom. The normalized spacial score (nSPS) is 15.7. The van der Waals surface area contributed by atoms with Gasteiger partial charge in [-0.1, -0.05) is 176 Å². The van der Waals surface area contributed by atoms with Crippen molar-refractivity contribution < 1.29 is 4.79 Å². The molecule has 2 aliphatic rings. The zero-order valence-corrected chi connectivity index (χ0v) is 30.1. The molecule has 0 bridgehead atoms. The zero-order valence-electron chi connectivity index (χ0n) is 25.2. The van der Waals surface area contributed by atoms with Crippen molar-refractivity contribution in [2.24, 2.45) is 0 Å². The summed E-state index contributed by atoms with van der Waals surface area (Å²) in [6.07, 6.45) is 32.4. The van der Waals surface area contributed by atoms with Gasteiger partial charge in [0, 0.05) is 4.91 Å². The third kappa shape index (κ3) is 17.8. The van der Waals surface area contributed by atoms with Crippen LogP contribution in [0, 0.1) is 0 Å². The van der Waals surface area contributed by atoms with Crippen molar-refractivity contribution in [1.82, 2.24) is 0 Å². The summed E-state index contributed by atoms with van der Waals surface area (Å²) in [6, 6.07) is 0. The first-order valence-corrected chi connectivity index (χ1v) is 21.3. The maximum Gasteiger partial charge on any atom is 0.142 e. The Morgan fingerprint density at radius 1 is 0.575 bits per heavy atom. The molecule has 2 rings (SSSR count). The fraction of sp³-hybridized carbons (Fsp3) is 0.727. The summed E-state index contributed by atoms with van der Waals surface area (Å²) < 4.78 is 5.90. The molecule has 0 N–H and O–H groups in total. The second-order valence-corrected chi connectivity index (χ2v) is 17.9.